The van der Waals surface area contributed by atoms with E-state index in [0.29, 0.717) is 6.54 Å². The van der Waals surface area contributed by atoms with Crippen LogP contribution in [0.15, 0.2) is 36.5 Å². The molecule has 0 spiro atoms. The molecule has 2 heterocycles. The largest absolute Gasteiger partial charge is 0.338 e. The molecule has 1 aromatic heterocycles. The Morgan fingerprint density at radius 1 is 1.33 bits per heavy atom. The van der Waals surface area contributed by atoms with Crippen LogP contribution in [-0.2, 0) is 6.42 Å². The molecule has 1 fully saturated rings. The third-order valence-electron chi connectivity index (χ3n) is 4.31. The van der Waals surface area contributed by atoms with Crippen molar-refractivity contribution in [2.45, 2.75) is 19.4 Å². The van der Waals surface area contributed by atoms with Crippen LogP contribution in [0, 0.1) is 6.92 Å². The predicted molar refractivity (Wildman–Crippen MR) is 97.3 cm³/mol. The summed E-state index contributed by atoms with van der Waals surface area (Å²) in [5.74, 6) is 0. The lowest BCUT2D eigenvalue weighted by atomic mass is 10.0. The highest BCUT2D eigenvalue weighted by molar-refractivity contribution is 7.11. The lowest BCUT2D eigenvalue weighted by Crippen LogP contribution is -2.52. The van der Waals surface area contributed by atoms with Crippen LogP contribution in [0.25, 0.3) is 0 Å². The Hall–Kier alpha value is -1.92. The highest BCUT2D eigenvalue weighted by atomic mass is 32.1. The van der Waals surface area contributed by atoms with Gasteiger partial charge in [-0.15, -0.1) is 11.3 Å². The molecule has 2 amide bonds. The van der Waals surface area contributed by atoms with E-state index < -0.39 is 0 Å². The monoisotopic (exact) mass is 344 g/mol. The minimum absolute atomic E-state index is 0.0187. The Labute approximate surface area is 147 Å². The Morgan fingerprint density at radius 2 is 2.12 bits per heavy atom. The second-order valence-corrected chi connectivity index (χ2v) is 7.55. The molecular weight excluding hydrogens is 320 g/mol. The van der Waals surface area contributed by atoms with Crippen molar-refractivity contribution >= 4 is 17.4 Å². The molecule has 1 unspecified atom stereocenters. The van der Waals surface area contributed by atoms with Crippen molar-refractivity contribution in [3.05, 3.63) is 52.0 Å². The number of urea groups is 1. The van der Waals surface area contributed by atoms with Gasteiger partial charge in [-0.2, -0.15) is 0 Å². The smallest absolute Gasteiger partial charge is 0.318 e. The molecule has 5 nitrogen and oxygen atoms in total. The van der Waals surface area contributed by atoms with E-state index in [9.17, 15) is 4.79 Å². The molecule has 1 N–H and O–H groups in total. The van der Waals surface area contributed by atoms with Gasteiger partial charge in [0, 0.05) is 43.7 Å². The van der Waals surface area contributed by atoms with E-state index in [1.165, 1.54) is 10.4 Å². The number of rotatable bonds is 4. The summed E-state index contributed by atoms with van der Waals surface area (Å²) in [6, 6.07) is 10.4. The minimum Gasteiger partial charge on any atom is -0.338 e. The van der Waals surface area contributed by atoms with Crippen molar-refractivity contribution in [1.29, 1.82) is 0 Å². The number of aryl methyl sites for hydroxylation is 1. The van der Waals surface area contributed by atoms with Gasteiger partial charge >= 0.3 is 6.03 Å². The molecule has 0 saturated carbocycles. The summed E-state index contributed by atoms with van der Waals surface area (Å²) in [6.45, 7) is 5.19. The van der Waals surface area contributed by atoms with Crippen LogP contribution >= 0.6 is 11.3 Å². The number of benzene rings is 1. The zero-order valence-corrected chi connectivity index (χ0v) is 15.1. The Balaban J connectivity index is 1.61. The van der Waals surface area contributed by atoms with Gasteiger partial charge in [0.2, 0.25) is 0 Å². The van der Waals surface area contributed by atoms with Crippen LogP contribution in [0.1, 0.15) is 21.5 Å². The molecule has 128 valence electrons. The van der Waals surface area contributed by atoms with Crippen LogP contribution < -0.4 is 5.32 Å². The first-order valence-electron chi connectivity index (χ1n) is 8.33. The van der Waals surface area contributed by atoms with E-state index in [-0.39, 0.29) is 12.1 Å². The number of hydrogen-bond acceptors (Lipinski definition) is 4. The lowest BCUT2D eigenvalue weighted by molar-refractivity contribution is 0.109. The number of amides is 2. The van der Waals surface area contributed by atoms with Crippen molar-refractivity contribution < 1.29 is 4.79 Å². The molecule has 24 heavy (non-hydrogen) atoms. The van der Waals surface area contributed by atoms with Crippen LogP contribution in [0.4, 0.5) is 4.79 Å². The van der Waals surface area contributed by atoms with E-state index in [4.69, 9.17) is 0 Å². The van der Waals surface area contributed by atoms with Gasteiger partial charge in [0.15, 0.2) is 0 Å². The first-order chi connectivity index (χ1) is 11.6. The predicted octanol–water partition coefficient (Wildman–Crippen LogP) is 2.69. The molecule has 3 rings (SSSR count). The molecule has 1 atom stereocenters. The number of piperazine rings is 1. The number of carbonyl (C=O) groups is 1. The normalized spacial score (nSPS) is 18.6. The minimum atomic E-state index is 0.0187. The van der Waals surface area contributed by atoms with E-state index in [1.807, 2.05) is 29.3 Å². The van der Waals surface area contributed by atoms with Gasteiger partial charge in [-0.25, -0.2) is 9.78 Å². The second-order valence-electron chi connectivity index (χ2n) is 6.23. The quantitative estimate of drug-likeness (QED) is 0.928. The van der Waals surface area contributed by atoms with Crippen LogP contribution in [0.3, 0.4) is 0 Å². The highest BCUT2D eigenvalue weighted by Crippen LogP contribution is 2.24. The maximum atomic E-state index is 12.7. The summed E-state index contributed by atoms with van der Waals surface area (Å²) in [6.07, 6.45) is 2.67. The number of thiazole rings is 1. The molecule has 1 saturated heterocycles. The SMILES string of the molecule is Cc1cnc(CCNC(=O)N2CCN(C)CC2c2ccccc2)s1. The van der Waals surface area contributed by atoms with Crippen molar-refractivity contribution in [2.75, 3.05) is 33.2 Å². The summed E-state index contributed by atoms with van der Waals surface area (Å²) in [4.78, 5) is 22.5. The fourth-order valence-electron chi connectivity index (χ4n) is 3.02. The first kappa shape index (κ1) is 16.9. The molecule has 0 aliphatic carbocycles. The highest BCUT2D eigenvalue weighted by Gasteiger charge is 2.29. The standard InChI is InChI=1S/C18H24N4OS/c1-14-12-20-17(24-14)8-9-19-18(23)22-11-10-21(2)13-16(22)15-6-4-3-5-7-15/h3-7,12,16H,8-11,13H2,1-2H3,(H,19,23). The Bertz CT molecular complexity index is 673. The summed E-state index contributed by atoms with van der Waals surface area (Å²) >= 11 is 1.69. The van der Waals surface area contributed by atoms with Gasteiger partial charge in [0.05, 0.1) is 11.0 Å². The average Bonchev–Trinajstić information content (AvgIpc) is 3.01. The summed E-state index contributed by atoms with van der Waals surface area (Å²) in [7, 11) is 2.11. The summed E-state index contributed by atoms with van der Waals surface area (Å²) in [5.41, 5.74) is 1.19. The Kier molecular flexibility index (Phi) is 5.48. The van der Waals surface area contributed by atoms with Gasteiger partial charge in [-0.05, 0) is 19.5 Å². The summed E-state index contributed by atoms with van der Waals surface area (Å²) < 4.78 is 0. The van der Waals surface area contributed by atoms with Gasteiger partial charge in [0.25, 0.3) is 0 Å². The van der Waals surface area contributed by atoms with Crippen LogP contribution in [0.2, 0.25) is 0 Å². The number of carbonyl (C=O) groups excluding carboxylic acids is 1. The number of nitrogens with zero attached hydrogens (tertiary/aromatic N) is 3. The van der Waals surface area contributed by atoms with Crippen molar-refractivity contribution in [1.82, 2.24) is 20.1 Å². The lowest BCUT2D eigenvalue weighted by Gasteiger charge is -2.40. The maximum absolute atomic E-state index is 12.7. The molecule has 1 aromatic carbocycles. The number of aromatic nitrogens is 1. The van der Waals surface area contributed by atoms with Crippen LogP contribution in [0.5, 0.6) is 0 Å². The molecular formula is C18H24N4OS. The fraction of sp³-hybridized carbons (Fsp3) is 0.444. The fourth-order valence-corrected chi connectivity index (χ4v) is 3.80. The van der Waals surface area contributed by atoms with Crippen LogP contribution in [-0.4, -0.2) is 54.0 Å². The molecule has 1 aliphatic rings. The molecule has 1 aliphatic heterocycles. The topological polar surface area (TPSA) is 48.5 Å². The molecule has 6 heteroatoms. The third kappa shape index (κ3) is 4.13. The molecule has 2 aromatic rings. The third-order valence-corrected chi connectivity index (χ3v) is 5.29. The van der Waals surface area contributed by atoms with Crippen molar-refractivity contribution in [2.24, 2.45) is 0 Å². The number of likely N-dealkylation sites (N-methyl/N-ethyl adjacent to an activating group) is 1. The van der Waals surface area contributed by atoms with E-state index >= 15 is 0 Å². The first-order valence-corrected chi connectivity index (χ1v) is 9.14. The van der Waals surface area contributed by atoms with Gasteiger partial charge < -0.3 is 15.1 Å². The second kappa shape index (κ2) is 7.77. The molecule has 0 radical (unpaired) electrons. The van der Waals surface area contributed by atoms with E-state index in [1.54, 1.807) is 11.3 Å². The zero-order valence-electron chi connectivity index (χ0n) is 14.2. The average molecular weight is 344 g/mol. The Morgan fingerprint density at radius 3 is 2.83 bits per heavy atom. The van der Waals surface area contributed by atoms with Gasteiger partial charge in [0.1, 0.15) is 0 Å². The van der Waals surface area contributed by atoms with Crippen molar-refractivity contribution in [3.63, 3.8) is 0 Å². The zero-order chi connectivity index (χ0) is 16.9. The molecule has 0 bridgehead atoms. The summed E-state index contributed by atoms with van der Waals surface area (Å²) in [5, 5.41) is 4.13. The van der Waals surface area contributed by atoms with Gasteiger partial charge in [-0.1, -0.05) is 30.3 Å². The maximum Gasteiger partial charge on any atom is 0.318 e. The van der Waals surface area contributed by atoms with Crippen molar-refractivity contribution in [3.8, 4) is 0 Å². The number of hydrogen-bond donors (Lipinski definition) is 1. The number of nitrogens with one attached hydrogen (secondary N) is 1. The van der Waals surface area contributed by atoms with E-state index in [2.05, 4.69) is 41.3 Å². The van der Waals surface area contributed by atoms with E-state index in [0.717, 1.165) is 31.1 Å². The van der Waals surface area contributed by atoms with Gasteiger partial charge in [-0.3, -0.25) is 0 Å².